The number of hydrogen-bond acceptors (Lipinski definition) is 4. The fraction of sp³-hybridized carbons (Fsp3) is 0.300. The van der Waals surface area contributed by atoms with Crippen molar-refractivity contribution in [1.82, 2.24) is 10.9 Å². The molecule has 0 saturated heterocycles. The average Bonchev–Trinajstić information content (AvgIpc) is 2.66. The maximum absolute atomic E-state index is 12.0. The Balaban J connectivity index is 1.73. The summed E-state index contributed by atoms with van der Waals surface area (Å²) in [5, 5.41) is 0. The van der Waals surface area contributed by atoms with Gasteiger partial charge in [0.25, 0.3) is 11.8 Å². The highest BCUT2D eigenvalue weighted by Crippen LogP contribution is 2.19. The second-order valence-electron chi connectivity index (χ2n) is 6.26. The van der Waals surface area contributed by atoms with E-state index in [1.54, 1.807) is 19.1 Å². The van der Waals surface area contributed by atoms with Gasteiger partial charge in [0.2, 0.25) is 0 Å². The third-order valence-corrected chi connectivity index (χ3v) is 4.27. The quantitative estimate of drug-likeness (QED) is 0.653. The normalized spacial score (nSPS) is 11.6. The number of halogens is 1. The predicted molar refractivity (Wildman–Crippen MR) is 107 cm³/mol. The second kappa shape index (κ2) is 9.97. The van der Waals surface area contributed by atoms with Crippen molar-refractivity contribution in [3.63, 3.8) is 0 Å². The second-order valence-corrected chi connectivity index (χ2v) is 7.18. The molecule has 0 fully saturated rings. The van der Waals surface area contributed by atoms with E-state index in [9.17, 15) is 9.59 Å². The zero-order valence-electron chi connectivity index (χ0n) is 15.5. The molecule has 1 unspecified atom stereocenters. The van der Waals surface area contributed by atoms with Gasteiger partial charge in [-0.15, -0.1) is 0 Å². The van der Waals surface area contributed by atoms with Crippen LogP contribution in [0.2, 0.25) is 0 Å². The van der Waals surface area contributed by atoms with Crippen LogP contribution in [-0.2, 0) is 9.59 Å². The molecule has 0 saturated carbocycles. The van der Waals surface area contributed by atoms with Crippen LogP contribution in [0.1, 0.15) is 32.3 Å². The summed E-state index contributed by atoms with van der Waals surface area (Å²) in [4.78, 5) is 23.8. The first-order valence-electron chi connectivity index (χ1n) is 8.59. The first kappa shape index (κ1) is 20.8. The molecule has 2 aromatic carbocycles. The van der Waals surface area contributed by atoms with E-state index >= 15 is 0 Å². The lowest BCUT2D eigenvalue weighted by Crippen LogP contribution is -2.48. The smallest absolute Gasteiger partial charge is 0.279 e. The van der Waals surface area contributed by atoms with Crippen LogP contribution in [-0.4, -0.2) is 24.5 Å². The van der Waals surface area contributed by atoms with E-state index < -0.39 is 17.9 Å². The van der Waals surface area contributed by atoms with E-state index in [0.717, 1.165) is 4.47 Å². The number of carbonyl (C=O) groups is 2. The van der Waals surface area contributed by atoms with Gasteiger partial charge in [-0.05, 0) is 54.8 Å². The van der Waals surface area contributed by atoms with Gasteiger partial charge in [-0.3, -0.25) is 20.4 Å². The molecule has 0 aliphatic heterocycles. The van der Waals surface area contributed by atoms with Crippen molar-refractivity contribution >= 4 is 27.7 Å². The lowest BCUT2D eigenvalue weighted by Gasteiger charge is -2.16. The molecule has 6 nitrogen and oxygen atoms in total. The molecule has 2 aromatic rings. The molecule has 0 spiro atoms. The van der Waals surface area contributed by atoms with Gasteiger partial charge in [0.15, 0.2) is 12.7 Å². The third kappa shape index (κ3) is 6.94. The van der Waals surface area contributed by atoms with Crippen molar-refractivity contribution in [3.05, 3.63) is 58.6 Å². The Morgan fingerprint density at radius 2 is 1.52 bits per heavy atom. The summed E-state index contributed by atoms with van der Waals surface area (Å²) in [5.41, 5.74) is 5.82. The van der Waals surface area contributed by atoms with Gasteiger partial charge >= 0.3 is 0 Å². The highest BCUT2D eigenvalue weighted by Gasteiger charge is 2.15. The Kier molecular flexibility index (Phi) is 7.67. The number of rotatable bonds is 7. The van der Waals surface area contributed by atoms with Crippen LogP contribution in [0.4, 0.5) is 0 Å². The van der Waals surface area contributed by atoms with Crippen LogP contribution in [0.25, 0.3) is 0 Å². The summed E-state index contributed by atoms with van der Waals surface area (Å²) in [6, 6.07) is 14.7. The van der Waals surface area contributed by atoms with E-state index in [-0.39, 0.29) is 6.61 Å². The van der Waals surface area contributed by atoms with Gasteiger partial charge in [0, 0.05) is 4.47 Å². The number of amides is 2. The highest BCUT2D eigenvalue weighted by atomic mass is 79.9. The van der Waals surface area contributed by atoms with Gasteiger partial charge < -0.3 is 9.47 Å². The highest BCUT2D eigenvalue weighted by molar-refractivity contribution is 9.10. The topological polar surface area (TPSA) is 76.7 Å². The van der Waals surface area contributed by atoms with E-state index in [0.29, 0.717) is 17.4 Å². The van der Waals surface area contributed by atoms with Gasteiger partial charge in [0.05, 0.1) is 0 Å². The Hall–Kier alpha value is -2.54. The number of benzene rings is 2. The van der Waals surface area contributed by atoms with Crippen molar-refractivity contribution in [3.8, 4) is 11.5 Å². The third-order valence-electron chi connectivity index (χ3n) is 3.74. The molecule has 0 bridgehead atoms. The number of ether oxygens (including phenoxy) is 2. The van der Waals surface area contributed by atoms with Gasteiger partial charge in [-0.2, -0.15) is 0 Å². The molecule has 27 heavy (non-hydrogen) atoms. The van der Waals surface area contributed by atoms with E-state index in [1.807, 2.05) is 36.4 Å². The molecule has 0 heterocycles. The molecule has 2 rings (SSSR count). The lowest BCUT2D eigenvalue weighted by atomic mass is 10.0. The first-order valence-corrected chi connectivity index (χ1v) is 9.38. The van der Waals surface area contributed by atoms with Crippen LogP contribution in [0.5, 0.6) is 11.5 Å². The fourth-order valence-electron chi connectivity index (χ4n) is 2.14. The van der Waals surface area contributed by atoms with Crippen molar-refractivity contribution in [1.29, 1.82) is 0 Å². The number of hydrazine groups is 1. The van der Waals surface area contributed by atoms with Crippen molar-refractivity contribution in [2.45, 2.75) is 32.8 Å². The summed E-state index contributed by atoms with van der Waals surface area (Å²) in [5.74, 6) is 0.641. The minimum atomic E-state index is -0.761. The molecule has 2 N–H and O–H groups in total. The van der Waals surface area contributed by atoms with Crippen molar-refractivity contribution in [2.24, 2.45) is 0 Å². The van der Waals surface area contributed by atoms with Crippen LogP contribution in [0.15, 0.2) is 53.0 Å². The zero-order valence-corrected chi connectivity index (χ0v) is 17.1. The largest absolute Gasteiger partial charge is 0.484 e. The number of nitrogens with one attached hydrogen (secondary N) is 2. The summed E-state index contributed by atoms with van der Waals surface area (Å²) in [6.45, 7) is 5.61. The summed E-state index contributed by atoms with van der Waals surface area (Å²) in [7, 11) is 0. The van der Waals surface area contributed by atoms with Crippen LogP contribution >= 0.6 is 15.9 Å². The number of carbonyl (C=O) groups excluding carboxylic acids is 2. The van der Waals surface area contributed by atoms with Gasteiger partial charge in [0.1, 0.15) is 11.5 Å². The monoisotopic (exact) mass is 434 g/mol. The molecule has 0 aromatic heterocycles. The maximum atomic E-state index is 12.0. The standard InChI is InChI=1S/C20H23BrN2O4/c1-13(2)15-4-8-18(9-5-15)27-14(3)20(25)23-22-19(24)12-26-17-10-6-16(21)7-11-17/h4-11,13-14H,12H2,1-3H3,(H,22,24)(H,23,25). The van der Waals surface area contributed by atoms with Crippen LogP contribution in [0, 0.1) is 0 Å². The predicted octanol–water partition coefficient (Wildman–Crippen LogP) is 3.57. The Bertz CT molecular complexity index is 761. The molecule has 0 aliphatic carbocycles. The number of hydrogen-bond donors (Lipinski definition) is 2. The molecular formula is C20H23BrN2O4. The van der Waals surface area contributed by atoms with Crippen molar-refractivity contribution < 1.29 is 19.1 Å². The maximum Gasteiger partial charge on any atom is 0.279 e. The lowest BCUT2D eigenvalue weighted by molar-refractivity contribution is -0.133. The van der Waals surface area contributed by atoms with E-state index in [1.165, 1.54) is 5.56 Å². The minimum absolute atomic E-state index is 0.214. The van der Waals surface area contributed by atoms with Crippen LogP contribution in [0.3, 0.4) is 0 Å². The Labute approximate surface area is 167 Å². The summed E-state index contributed by atoms with van der Waals surface area (Å²) < 4.78 is 11.8. The summed E-state index contributed by atoms with van der Waals surface area (Å²) >= 11 is 3.32. The summed E-state index contributed by atoms with van der Waals surface area (Å²) in [6.07, 6.45) is -0.761. The molecule has 0 aliphatic rings. The van der Waals surface area contributed by atoms with Gasteiger partial charge in [-0.1, -0.05) is 41.9 Å². The molecule has 2 amide bonds. The molecular weight excluding hydrogens is 412 g/mol. The zero-order chi connectivity index (χ0) is 19.8. The van der Waals surface area contributed by atoms with Crippen LogP contribution < -0.4 is 20.3 Å². The molecule has 144 valence electrons. The van der Waals surface area contributed by atoms with E-state index in [4.69, 9.17) is 9.47 Å². The Morgan fingerprint density at radius 1 is 0.926 bits per heavy atom. The van der Waals surface area contributed by atoms with Crippen molar-refractivity contribution in [2.75, 3.05) is 6.61 Å². The SMILES string of the molecule is CC(Oc1ccc(C(C)C)cc1)C(=O)NNC(=O)COc1ccc(Br)cc1. The first-order chi connectivity index (χ1) is 12.8. The molecule has 0 radical (unpaired) electrons. The van der Waals surface area contributed by atoms with Gasteiger partial charge in [-0.25, -0.2) is 0 Å². The Morgan fingerprint density at radius 3 is 2.11 bits per heavy atom. The van der Waals surface area contributed by atoms with E-state index in [2.05, 4.69) is 40.6 Å². The molecule has 7 heteroatoms. The fourth-order valence-corrected chi connectivity index (χ4v) is 2.40. The molecule has 1 atom stereocenters. The minimum Gasteiger partial charge on any atom is -0.484 e. The average molecular weight is 435 g/mol.